The fraction of sp³-hybridized carbons (Fsp3) is 1.00. The standard InChI is InChI=1S/C13H27N3O/c1-2-15-7-9-16(10-8-15)6-5-13(11-17)14-12-3-4-12/h12-14,17H,2-11H2,1H3. The molecule has 0 amide bonds. The number of nitrogens with zero attached hydrogens (tertiary/aromatic N) is 2. The molecule has 1 aliphatic heterocycles. The first kappa shape index (κ1) is 13.3. The first-order valence-corrected chi connectivity index (χ1v) is 7.13. The molecule has 0 aromatic rings. The van der Waals surface area contributed by atoms with Crippen LogP contribution in [0.15, 0.2) is 0 Å². The molecule has 4 nitrogen and oxygen atoms in total. The normalized spacial score (nSPS) is 25.1. The lowest BCUT2D eigenvalue weighted by atomic mass is 10.2. The first-order valence-electron chi connectivity index (χ1n) is 7.13. The molecule has 2 N–H and O–H groups in total. The summed E-state index contributed by atoms with van der Waals surface area (Å²) in [5.41, 5.74) is 0. The van der Waals surface area contributed by atoms with Gasteiger partial charge < -0.3 is 20.2 Å². The Bertz CT molecular complexity index is 213. The summed E-state index contributed by atoms with van der Waals surface area (Å²) in [4.78, 5) is 5.03. The lowest BCUT2D eigenvalue weighted by Crippen LogP contribution is -2.47. The van der Waals surface area contributed by atoms with Crippen molar-refractivity contribution in [2.24, 2.45) is 0 Å². The van der Waals surface area contributed by atoms with Gasteiger partial charge in [0.2, 0.25) is 0 Å². The average Bonchev–Trinajstić information content (AvgIpc) is 3.19. The second-order valence-corrected chi connectivity index (χ2v) is 5.39. The van der Waals surface area contributed by atoms with Crippen LogP contribution in [-0.4, -0.2) is 72.9 Å². The Morgan fingerprint density at radius 1 is 1.18 bits per heavy atom. The lowest BCUT2D eigenvalue weighted by molar-refractivity contribution is 0.127. The van der Waals surface area contributed by atoms with E-state index in [1.165, 1.54) is 45.6 Å². The van der Waals surface area contributed by atoms with E-state index in [0.717, 1.165) is 13.0 Å². The first-order chi connectivity index (χ1) is 8.31. The van der Waals surface area contributed by atoms with Gasteiger partial charge in [0.25, 0.3) is 0 Å². The molecule has 0 spiro atoms. The molecule has 1 saturated heterocycles. The smallest absolute Gasteiger partial charge is 0.0585 e. The quantitative estimate of drug-likeness (QED) is 0.664. The van der Waals surface area contributed by atoms with Crippen molar-refractivity contribution >= 4 is 0 Å². The number of rotatable bonds is 7. The van der Waals surface area contributed by atoms with Crippen LogP contribution in [0.25, 0.3) is 0 Å². The Kier molecular flexibility index (Phi) is 5.22. The van der Waals surface area contributed by atoms with E-state index < -0.39 is 0 Å². The fourth-order valence-corrected chi connectivity index (χ4v) is 2.48. The second-order valence-electron chi connectivity index (χ2n) is 5.39. The van der Waals surface area contributed by atoms with Crippen molar-refractivity contribution in [2.75, 3.05) is 45.9 Å². The van der Waals surface area contributed by atoms with Crippen molar-refractivity contribution in [2.45, 2.75) is 38.3 Å². The Morgan fingerprint density at radius 3 is 2.35 bits per heavy atom. The topological polar surface area (TPSA) is 38.7 Å². The summed E-state index contributed by atoms with van der Waals surface area (Å²) in [6.07, 6.45) is 3.68. The summed E-state index contributed by atoms with van der Waals surface area (Å²) in [6.45, 7) is 9.61. The van der Waals surface area contributed by atoms with E-state index in [1.54, 1.807) is 0 Å². The van der Waals surface area contributed by atoms with Crippen LogP contribution < -0.4 is 5.32 Å². The van der Waals surface area contributed by atoms with Gasteiger partial charge in [0.15, 0.2) is 0 Å². The third kappa shape index (κ3) is 4.54. The van der Waals surface area contributed by atoms with Crippen LogP contribution in [0.5, 0.6) is 0 Å². The number of aliphatic hydroxyl groups excluding tert-OH is 1. The van der Waals surface area contributed by atoms with Gasteiger partial charge in [-0.3, -0.25) is 0 Å². The number of nitrogens with one attached hydrogen (secondary N) is 1. The fourth-order valence-electron chi connectivity index (χ4n) is 2.48. The largest absolute Gasteiger partial charge is 0.395 e. The molecule has 0 radical (unpaired) electrons. The molecule has 1 heterocycles. The van der Waals surface area contributed by atoms with E-state index in [1.807, 2.05) is 0 Å². The third-order valence-electron chi connectivity index (χ3n) is 3.98. The Morgan fingerprint density at radius 2 is 1.82 bits per heavy atom. The van der Waals surface area contributed by atoms with Gasteiger partial charge >= 0.3 is 0 Å². The van der Waals surface area contributed by atoms with Crippen molar-refractivity contribution in [1.29, 1.82) is 0 Å². The third-order valence-corrected chi connectivity index (χ3v) is 3.98. The van der Waals surface area contributed by atoms with Gasteiger partial charge in [-0.2, -0.15) is 0 Å². The zero-order valence-electron chi connectivity index (χ0n) is 11.1. The number of piperazine rings is 1. The van der Waals surface area contributed by atoms with Gasteiger partial charge in [0.05, 0.1) is 6.61 Å². The Hall–Kier alpha value is -0.160. The van der Waals surface area contributed by atoms with Gasteiger partial charge in [-0.25, -0.2) is 0 Å². The van der Waals surface area contributed by atoms with E-state index in [9.17, 15) is 5.11 Å². The predicted octanol–water partition coefficient (Wildman–Crippen LogP) is 0.127. The average molecular weight is 241 g/mol. The number of hydrogen-bond acceptors (Lipinski definition) is 4. The highest BCUT2D eigenvalue weighted by Gasteiger charge is 2.24. The van der Waals surface area contributed by atoms with Crippen LogP contribution in [0.2, 0.25) is 0 Å². The molecule has 2 aliphatic rings. The maximum absolute atomic E-state index is 9.32. The Labute approximate surface area is 105 Å². The minimum Gasteiger partial charge on any atom is -0.395 e. The summed E-state index contributed by atoms with van der Waals surface area (Å²) in [5, 5.41) is 12.8. The molecular formula is C13H27N3O. The summed E-state index contributed by atoms with van der Waals surface area (Å²) < 4.78 is 0. The second kappa shape index (κ2) is 6.69. The maximum Gasteiger partial charge on any atom is 0.0585 e. The molecule has 2 rings (SSSR count). The van der Waals surface area contributed by atoms with Crippen LogP contribution in [0, 0.1) is 0 Å². The Balaban J connectivity index is 1.60. The van der Waals surface area contributed by atoms with E-state index in [0.29, 0.717) is 12.1 Å². The van der Waals surface area contributed by atoms with Gasteiger partial charge in [-0.05, 0) is 32.4 Å². The highest BCUT2D eigenvalue weighted by molar-refractivity contribution is 4.85. The zero-order valence-corrected chi connectivity index (χ0v) is 11.1. The van der Waals surface area contributed by atoms with E-state index in [4.69, 9.17) is 0 Å². The molecule has 17 heavy (non-hydrogen) atoms. The van der Waals surface area contributed by atoms with E-state index >= 15 is 0 Å². The molecule has 2 fully saturated rings. The molecule has 100 valence electrons. The van der Waals surface area contributed by atoms with Crippen LogP contribution in [0.3, 0.4) is 0 Å². The summed E-state index contributed by atoms with van der Waals surface area (Å²) in [7, 11) is 0. The van der Waals surface area contributed by atoms with Gasteiger partial charge in [-0.15, -0.1) is 0 Å². The van der Waals surface area contributed by atoms with Gasteiger partial charge in [0, 0.05) is 38.3 Å². The number of likely N-dealkylation sites (N-methyl/N-ethyl adjacent to an activating group) is 1. The highest BCUT2D eigenvalue weighted by atomic mass is 16.3. The van der Waals surface area contributed by atoms with Crippen molar-refractivity contribution in [3.8, 4) is 0 Å². The minimum absolute atomic E-state index is 0.283. The molecule has 4 heteroatoms. The van der Waals surface area contributed by atoms with E-state index in [-0.39, 0.29) is 6.61 Å². The van der Waals surface area contributed by atoms with Crippen LogP contribution in [-0.2, 0) is 0 Å². The van der Waals surface area contributed by atoms with Gasteiger partial charge in [-0.1, -0.05) is 6.92 Å². The van der Waals surface area contributed by atoms with Crippen LogP contribution >= 0.6 is 0 Å². The molecule has 1 saturated carbocycles. The molecule has 1 aliphatic carbocycles. The summed E-state index contributed by atoms with van der Waals surface area (Å²) in [5.74, 6) is 0. The predicted molar refractivity (Wildman–Crippen MR) is 70.2 cm³/mol. The SMILES string of the molecule is CCN1CCN(CCC(CO)NC2CC2)CC1. The summed E-state index contributed by atoms with van der Waals surface area (Å²) in [6, 6.07) is 1.01. The van der Waals surface area contributed by atoms with Crippen LogP contribution in [0.4, 0.5) is 0 Å². The van der Waals surface area contributed by atoms with Gasteiger partial charge in [0.1, 0.15) is 0 Å². The van der Waals surface area contributed by atoms with Crippen molar-refractivity contribution in [1.82, 2.24) is 15.1 Å². The molecule has 0 bridgehead atoms. The van der Waals surface area contributed by atoms with Crippen molar-refractivity contribution in [3.05, 3.63) is 0 Å². The molecule has 0 aromatic carbocycles. The highest BCUT2D eigenvalue weighted by Crippen LogP contribution is 2.20. The monoisotopic (exact) mass is 241 g/mol. The molecular weight excluding hydrogens is 214 g/mol. The number of aliphatic hydroxyl groups is 1. The number of hydrogen-bond donors (Lipinski definition) is 2. The van der Waals surface area contributed by atoms with E-state index in [2.05, 4.69) is 22.0 Å². The van der Waals surface area contributed by atoms with Crippen molar-refractivity contribution in [3.63, 3.8) is 0 Å². The maximum atomic E-state index is 9.32. The molecule has 1 unspecified atom stereocenters. The zero-order chi connectivity index (χ0) is 12.1. The van der Waals surface area contributed by atoms with Crippen LogP contribution in [0.1, 0.15) is 26.2 Å². The van der Waals surface area contributed by atoms with Crippen molar-refractivity contribution < 1.29 is 5.11 Å². The molecule has 1 atom stereocenters. The molecule has 0 aromatic heterocycles. The minimum atomic E-state index is 0.283. The summed E-state index contributed by atoms with van der Waals surface area (Å²) >= 11 is 0. The lowest BCUT2D eigenvalue weighted by Gasteiger charge is -2.34.